The normalized spacial score (nSPS) is 13.4. The number of nitro groups is 1. The molecule has 176 valence electrons. The second kappa shape index (κ2) is 8.63. The highest BCUT2D eigenvalue weighted by molar-refractivity contribution is 7.25. The number of non-ortho nitro benzene ring substituents is 1. The van der Waals surface area contributed by atoms with Gasteiger partial charge in [-0.05, 0) is 19.1 Å². The molecule has 0 bridgehead atoms. The molecule has 3 aliphatic rings. The van der Waals surface area contributed by atoms with Gasteiger partial charge in [-0.25, -0.2) is 4.79 Å². The number of fused-ring (bicyclic) bond motifs is 1. The highest BCUT2D eigenvalue weighted by Crippen LogP contribution is 2.37. The minimum atomic E-state index is -1.10. The molecule has 0 saturated carbocycles. The topological polar surface area (TPSA) is 194 Å². The van der Waals surface area contributed by atoms with Crippen molar-refractivity contribution in [3.8, 4) is 11.8 Å². The molecule has 0 saturated heterocycles. The van der Waals surface area contributed by atoms with Crippen molar-refractivity contribution >= 4 is 68.7 Å². The summed E-state index contributed by atoms with van der Waals surface area (Å²) in [4.78, 5) is 62.3. The number of hydrogen-bond acceptors (Lipinski definition) is 11. The third-order valence-electron chi connectivity index (χ3n) is 4.96. The Labute approximate surface area is 201 Å². The van der Waals surface area contributed by atoms with Crippen molar-refractivity contribution in [1.29, 1.82) is 5.26 Å². The van der Waals surface area contributed by atoms with Crippen LogP contribution in [0.4, 0.5) is 17.1 Å². The highest BCUT2D eigenvalue weighted by Gasteiger charge is 2.40. The number of nitrogens with zero attached hydrogens (tertiary/aromatic N) is 3. The van der Waals surface area contributed by atoms with Crippen LogP contribution in [0.5, 0.6) is 5.75 Å². The molecule has 0 unspecified atom stereocenters. The molecule has 35 heavy (non-hydrogen) atoms. The van der Waals surface area contributed by atoms with E-state index in [9.17, 15) is 39.7 Å². The van der Waals surface area contributed by atoms with Crippen molar-refractivity contribution in [2.45, 2.75) is 6.92 Å². The number of nitro benzene ring substituents is 1. The van der Waals surface area contributed by atoms with Crippen molar-refractivity contribution in [2.75, 3.05) is 11.5 Å². The average Bonchev–Trinajstić information content (AvgIpc) is 3.38. The maximum atomic E-state index is 13.5. The quantitative estimate of drug-likeness (QED) is 0.270. The number of ether oxygens (including phenoxy) is 1. The van der Waals surface area contributed by atoms with Gasteiger partial charge in [0.2, 0.25) is 5.43 Å². The number of rotatable bonds is 5. The number of nitrogens with two attached hydrogens (primary N) is 1. The summed E-state index contributed by atoms with van der Waals surface area (Å²) in [6, 6.07) is 6.33. The maximum Gasteiger partial charge on any atom is 0.344 e. The Morgan fingerprint density at radius 1 is 1.23 bits per heavy atom. The lowest BCUT2D eigenvalue weighted by Gasteiger charge is -2.19. The third kappa shape index (κ3) is 3.59. The van der Waals surface area contributed by atoms with E-state index in [1.807, 2.05) is 0 Å². The molecule has 0 radical (unpaired) electrons. The third-order valence-corrected chi connectivity index (χ3v) is 7.56. The smallest absolute Gasteiger partial charge is 0.344 e. The lowest BCUT2D eigenvalue weighted by atomic mass is 10.2. The molecule has 0 atom stereocenters. The SMILES string of the molecule is CCOC(=O)C1=c2c(c(O)c3s/c(=C(/C#N)C(N)=O)sc=3c2=O)N(c2ccc([N+](=O)[O-])cc2)C1=O. The molecule has 2 heterocycles. The number of benzene rings is 1. The Kier molecular flexibility index (Phi) is 5.81. The lowest BCUT2D eigenvalue weighted by Crippen LogP contribution is -2.29. The molecule has 1 aromatic rings. The van der Waals surface area contributed by atoms with Crippen molar-refractivity contribution < 1.29 is 29.2 Å². The van der Waals surface area contributed by atoms with Crippen molar-refractivity contribution in [1.82, 2.24) is 0 Å². The summed E-state index contributed by atoms with van der Waals surface area (Å²) in [6.45, 7) is 1.40. The summed E-state index contributed by atoms with van der Waals surface area (Å²) in [7, 11) is 0. The molecular formula is C21H12N4O8S2. The van der Waals surface area contributed by atoms with Crippen LogP contribution in [0.1, 0.15) is 6.92 Å². The van der Waals surface area contributed by atoms with E-state index >= 15 is 0 Å². The van der Waals surface area contributed by atoms with Crippen LogP contribution in [0.2, 0.25) is 0 Å². The number of carbonyl (C=O) groups excluding carboxylic acids is 3. The molecular weight excluding hydrogens is 500 g/mol. The monoisotopic (exact) mass is 512 g/mol. The van der Waals surface area contributed by atoms with Crippen LogP contribution in [-0.2, 0) is 19.1 Å². The van der Waals surface area contributed by atoms with Crippen molar-refractivity contribution in [3.63, 3.8) is 0 Å². The molecule has 14 heteroatoms. The molecule has 0 fully saturated rings. The Balaban J connectivity index is 2.14. The summed E-state index contributed by atoms with van der Waals surface area (Å²) in [5, 5.41) is 31.0. The molecule has 12 nitrogen and oxygen atoms in total. The van der Waals surface area contributed by atoms with Gasteiger partial charge in [-0.3, -0.25) is 29.4 Å². The number of nitriles is 1. The summed E-state index contributed by atoms with van der Waals surface area (Å²) in [6.07, 6.45) is 0. The zero-order valence-electron chi connectivity index (χ0n) is 17.6. The van der Waals surface area contributed by atoms with Crippen LogP contribution >= 0.6 is 22.7 Å². The van der Waals surface area contributed by atoms with Gasteiger partial charge in [-0.15, -0.1) is 22.7 Å². The summed E-state index contributed by atoms with van der Waals surface area (Å²) in [5.41, 5.74) is 2.83. The van der Waals surface area contributed by atoms with Crippen LogP contribution < -0.4 is 25.1 Å². The Hall–Kier alpha value is -4.61. The molecule has 3 N–H and O–H groups in total. The Bertz CT molecular complexity index is 1750. The van der Waals surface area contributed by atoms with Crippen molar-refractivity contribution in [3.05, 3.63) is 62.7 Å². The van der Waals surface area contributed by atoms with Crippen LogP contribution in [0, 0.1) is 30.5 Å². The number of aromatic hydroxyl groups is 1. The van der Waals surface area contributed by atoms with Gasteiger partial charge in [0.25, 0.3) is 17.5 Å². The fraction of sp³-hybridized carbons (Fsp3) is 0.0952. The Morgan fingerprint density at radius 2 is 1.86 bits per heavy atom. The summed E-state index contributed by atoms with van der Waals surface area (Å²) < 4.78 is 4.87. The zero-order chi connectivity index (χ0) is 25.6. The predicted octanol–water partition coefficient (Wildman–Crippen LogP) is 0.0601. The fourth-order valence-corrected chi connectivity index (χ4v) is 6.03. The fourth-order valence-electron chi connectivity index (χ4n) is 3.49. The van der Waals surface area contributed by atoms with E-state index in [-0.39, 0.29) is 36.6 Å². The molecule has 0 aromatic heterocycles. The van der Waals surface area contributed by atoms with Gasteiger partial charge in [0.05, 0.1) is 25.8 Å². The predicted molar refractivity (Wildman–Crippen MR) is 123 cm³/mol. The van der Waals surface area contributed by atoms with E-state index in [2.05, 4.69) is 0 Å². The highest BCUT2D eigenvalue weighted by atomic mass is 32.2. The van der Waals surface area contributed by atoms with Gasteiger partial charge in [0.1, 0.15) is 26.7 Å². The molecule has 1 aliphatic carbocycles. The number of anilines is 2. The van der Waals surface area contributed by atoms with Gasteiger partial charge in [0.15, 0.2) is 5.75 Å². The van der Waals surface area contributed by atoms with Crippen LogP contribution in [0.15, 0.2) is 29.1 Å². The molecule has 2 aliphatic heterocycles. The molecule has 2 amide bonds. The van der Waals surface area contributed by atoms with Gasteiger partial charge < -0.3 is 15.6 Å². The minimum Gasteiger partial charge on any atom is -0.504 e. The number of primary amides is 1. The van der Waals surface area contributed by atoms with Crippen LogP contribution in [-0.4, -0.2) is 34.4 Å². The summed E-state index contributed by atoms with van der Waals surface area (Å²) in [5.74, 6) is -3.66. The van der Waals surface area contributed by atoms with Gasteiger partial charge in [-0.2, -0.15) is 5.26 Å². The second-order valence-electron chi connectivity index (χ2n) is 6.91. The van der Waals surface area contributed by atoms with Crippen molar-refractivity contribution in [2.24, 2.45) is 5.73 Å². The number of amides is 2. The number of carbonyl (C=O) groups is 3. The Morgan fingerprint density at radius 3 is 2.40 bits per heavy atom. The largest absolute Gasteiger partial charge is 0.504 e. The van der Waals surface area contributed by atoms with Gasteiger partial charge in [-0.1, -0.05) is 0 Å². The first-order valence-corrected chi connectivity index (χ1v) is 11.3. The first-order chi connectivity index (χ1) is 16.6. The standard InChI is InChI=1S/C21H12N4O8S2/c1-2-33-20(30)12-11-13(24(19(12)29)8-3-5-9(6-4-8)25(31)32)15(27)17-16(14(11)26)34-21(35-17)10(7-22)18(23)28/h3-6,27H,2H2,1H3,(H2,23,28)/b21-10-. The van der Waals surface area contributed by atoms with E-state index in [4.69, 9.17) is 10.5 Å². The molecule has 0 spiro atoms. The van der Waals surface area contributed by atoms with Gasteiger partial charge in [0, 0.05) is 17.8 Å². The van der Waals surface area contributed by atoms with E-state index in [1.54, 1.807) is 6.07 Å². The number of hydrogen-bond donors (Lipinski definition) is 2. The van der Waals surface area contributed by atoms with E-state index in [0.29, 0.717) is 11.3 Å². The molecule has 1 aromatic carbocycles. The summed E-state index contributed by atoms with van der Waals surface area (Å²) >= 11 is 1.46. The lowest BCUT2D eigenvalue weighted by molar-refractivity contribution is -0.384. The number of esters is 1. The first kappa shape index (κ1) is 23.5. The maximum absolute atomic E-state index is 13.5. The van der Waals surface area contributed by atoms with E-state index < -0.39 is 50.3 Å². The minimum absolute atomic E-state index is 0.0347. The average molecular weight is 512 g/mol. The van der Waals surface area contributed by atoms with Crippen LogP contribution in [0.25, 0.3) is 11.1 Å². The van der Waals surface area contributed by atoms with E-state index in [0.717, 1.165) is 28.4 Å². The zero-order valence-corrected chi connectivity index (χ0v) is 19.2. The first-order valence-electron chi connectivity index (χ1n) is 9.65. The molecule has 4 rings (SSSR count). The van der Waals surface area contributed by atoms with Gasteiger partial charge >= 0.3 is 5.97 Å². The van der Waals surface area contributed by atoms with E-state index in [1.165, 1.54) is 19.1 Å². The van der Waals surface area contributed by atoms with Crippen LogP contribution in [0.3, 0.4) is 0 Å². The second-order valence-corrected chi connectivity index (χ2v) is 9.21.